The minimum absolute atomic E-state index is 0.0501. The summed E-state index contributed by atoms with van der Waals surface area (Å²) in [5, 5.41) is 2.97. The minimum Gasteiger partial charge on any atom is -0.465 e. The Balaban J connectivity index is 3.21. The first kappa shape index (κ1) is 20.0. The molecular formula is C16H17Cl2NO5. The summed E-state index contributed by atoms with van der Waals surface area (Å²) < 4.78 is 9.61. The average Bonchev–Trinajstić information content (AvgIpc) is 2.48. The molecule has 0 atom stereocenters. The maximum absolute atomic E-state index is 12.0. The van der Waals surface area contributed by atoms with Gasteiger partial charge in [-0.2, -0.15) is 0 Å². The van der Waals surface area contributed by atoms with Crippen molar-refractivity contribution in [2.75, 3.05) is 12.4 Å². The standard InChI is InChI=1S/C16H17Cl2NO5/c1-8(2)24-16(22)11-5-10(17)6-13(14(11)18)19-7-12(9(3)20)15(21)23-4/h5-8,19H,1-4H3. The molecule has 0 saturated carbocycles. The number of carbonyl (C=O) groups is 3. The van der Waals surface area contributed by atoms with E-state index in [4.69, 9.17) is 27.9 Å². The Morgan fingerprint density at radius 1 is 1.21 bits per heavy atom. The van der Waals surface area contributed by atoms with Crippen molar-refractivity contribution < 1.29 is 23.9 Å². The third-order valence-corrected chi connectivity index (χ3v) is 3.38. The summed E-state index contributed by atoms with van der Waals surface area (Å²) in [4.78, 5) is 35.1. The van der Waals surface area contributed by atoms with Crippen LogP contribution < -0.4 is 5.32 Å². The highest BCUT2D eigenvalue weighted by molar-refractivity contribution is 6.38. The van der Waals surface area contributed by atoms with Gasteiger partial charge in [0.05, 0.1) is 29.5 Å². The number of esters is 2. The van der Waals surface area contributed by atoms with E-state index in [0.717, 1.165) is 13.3 Å². The van der Waals surface area contributed by atoms with Crippen LogP contribution in [0.15, 0.2) is 23.9 Å². The van der Waals surface area contributed by atoms with Crippen molar-refractivity contribution in [3.63, 3.8) is 0 Å². The molecule has 24 heavy (non-hydrogen) atoms. The second-order valence-corrected chi connectivity index (χ2v) is 5.83. The van der Waals surface area contributed by atoms with Crippen LogP contribution in [-0.4, -0.2) is 30.9 Å². The highest BCUT2D eigenvalue weighted by Gasteiger charge is 2.19. The van der Waals surface area contributed by atoms with Gasteiger partial charge in [0.2, 0.25) is 0 Å². The highest BCUT2D eigenvalue weighted by Crippen LogP contribution is 2.31. The van der Waals surface area contributed by atoms with Gasteiger partial charge in [0.15, 0.2) is 5.78 Å². The SMILES string of the molecule is COC(=O)C(=CNc1cc(Cl)cc(C(=O)OC(C)C)c1Cl)C(C)=O. The summed E-state index contributed by atoms with van der Waals surface area (Å²) in [6.45, 7) is 4.62. The van der Waals surface area contributed by atoms with Crippen molar-refractivity contribution >= 4 is 46.6 Å². The average molecular weight is 374 g/mol. The molecule has 0 bridgehead atoms. The Kier molecular flexibility index (Phi) is 7.25. The first-order valence-corrected chi connectivity index (χ1v) is 7.69. The number of ketones is 1. The molecule has 1 rings (SSSR count). The fourth-order valence-corrected chi connectivity index (χ4v) is 2.14. The van der Waals surface area contributed by atoms with Gasteiger partial charge < -0.3 is 14.8 Å². The number of methoxy groups -OCH3 is 1. The molecule has 0 heterocycles. The molecule has 0 amide bonds. The maximum atomic E-state index is 12.0. The Morgan fingerprint density at radius 2 is 1.83 bits per heavy atom. The molecule has 0 radical (unpaired) electrons. The molecule has 0 aliphatic rings. The topological polar surface area (TPSA) is 81.7 Å². The van der Waals surface area contributed by atoms with Gasteiger partial charge in [-0.3, -0.25) is 4.79 Å². The summed E-state index contributed by atoms with van der Waals surface area (Å²) in [5.74, 6) is -1.93. The smallest absolute Gasteiger partial charge is 0.342 e. The number of halogens is 2. The van der Waals surface area contributed by atoms with Crippen molar-refractivity contribution in [2.24, 2.45) is 0 Å². The van der Waals surface area contributed by atoms with Gasteiger partial charge in [-0.1, -0.05) is 23.2 Å². The Hall–Kier alpha value is -2.05. The van der Waals surface area contributed by atoms with Gasteiger partial charge in [0.25, 0.3) is 0 Å². The molecule has 6 nitrogen and oxygen atoms in total. The molecular weight excluding hydrogens is 357 g/mol. The monoisotopic (exact) mass is 373 g/mol. The molecule has 1 aromatic carbocycles. The van der Waals surface area contributed by atoms with Crippen LogP contribution in [-0.2, 0) is 19.1 Å². The molecule has 0 aliphatic heterocycles. The van der Waals surface area contributed by atoms with Crippen LogP contribution >= 0.6 is 23.2 Å². The fraction of sp³-hybridized carbons (Fsp3) is 0.312. The molecule has 8 heteroatoms. The van der Waals surface area contributed by atoms with Crippen LogP contribution in [0, 0.1) is 0 Å². The predicted octanol–water partition coefficient (Wildman–Crippen LogP) is 3.62. The zero-order valence-electron chi connectivity index (χ0n) is 13.6. The van der Waals surface area contributed by atoms with Gasteiger partial charge in [0, 0.05) is 11.2 Å². The number of carbonyl (C=O) groups excluding carboxylic acids is 3. The van der Waals surface area contributed by atoms with Gasteiger partial charge in [-0.05, 0) is 32.9 Å². The minimum atomic E-state index is -0.799. The summed E-state index contributed by atoms with van der Waals surface area (Å²) in [7, 11) is 1.16. The zero-order chi connectivity index (χ0) is 18.4. The number of hydrogen-bond donors (Lipinski definition) is 1. The van der Waals surface area contributed by atoms with Gasteiger partial charge in [-0.25, -0.2) is 9.59 Å². The van der Waals surface area contributed by atoms with E-state index in [1.807, 2.05) is 0 Å². The van der Waals surface area contributed by atoms with Crippen LogP contribution in [0.4, 0.5) is 5.69 Å². The quantitative estimate of drug-likeness (QED) is 0.355. The second kappa shape index (κ2) is 8.70. The molecule has 0 aromatic heterocycles. The number of nitrogens with one attached hydrogen (secondary N) is 1. The number of Topliss-reactive ketones (excluding diaryl/α,β-unsaturated/α-hetero) is 1. The molecule has 0 unspecified atom stereocenters. The zero-order valence-corrected chi connectivity index (χ0v) is 15.1. The van der Waals surface area contributed by atoms with E-state index in [1.54, 1.807) is 13.8 Å². The number of anilines is 1. The van der Waals surface area contributed by atoms with Crippen LogP contribution in [0.3, 0.4) is 0 Å². The van der Waals surface area contributed by atoms with Crippen molar-refractivity contribution in [3.8, 4) is 0 Å². The van der Waals surface area contributed by atoms with E-state index in [9.17, 15) is 14.4 Å². The van der Waals surface area contributed by atoms with Crippen molar-refractivity contribution in [3.05, 3.63) is 39.5 Å². The van der Waals surface area contributed by atoms with E-state index >= 15 is 0 Å². The normalized spacial score (nSPS) is 11.2. The van der Waals surface area contributed by atoms with Crippen LogP contribution in [0.25, 0.3) is 0 Å². The number of rotatable bonds is 6. The molecule has 0 saturated heterocycles. The Labute approximate surface area is 149 Å². The largest absolute Gasteiger partial charge is 0.465 e. The number of hydrogen-bond acceptors (Lipinski definition) is 6. The second-order valence-electron chi connectivity index (χ2n) is 5.02. The van der Waals surface area contributed by atoms with E-state index < -0.39 is 17.7 Å². The molecule has 0 aliphatic carbocycles. The summed E-state index contributed by atoms with van der Waals surface area (Å²) in [6, 6.07) is 2.82. The van der Waals surface area contributed by atoms with Crippen molar-refractivity contribution in [1.29, 1.82) is 0 Å². The Morgan fingerprint density at radius 3 is 2.33 bits per heavy atom. The lowest BCUT2D eigenvalue weighted by Gasteiger charge is -2.13. The molecule has 1 N–H and O–H groups in total. The predicted molar refractivity (Wildman–Crippen MR) is 91.4 cm³/mol. The van der Waals surface area contributed by atoms with E-state index in [-0.39, 0.29) is 33.0 Å². The number of benzene rings is 1. The number of ether oxygens (including phenoxy) is 2. The van der Waals surface area contributed by atoms with E-state index in [1.165, 1.54) is 19.1 Å². The molecule has 130 valence electrons. The van der Waals surface area contributed by atoms with Gasteiger partial charge in [0.1, 0.15) is 5.57 Å². The lowest BCUT2D eigenvalue weighted by Crippen LogP contribution is -2.14. The first-order chi connectivity index (χ1) is 11.2. The third-order valence-electron chi connectivity index (χ3n) is 2.76. The third kappa shape index (κ3) is 5.25. The lowest BCUT2D eigenvalue weighted by atomic mass is 10.1. The van der Waals surface area contributed by atoms with Crippen LogP contribution in [0.5, 0.6) is 0 Å². The fourth-order valence-electron chi connectivity index (χ4n) is 1.68. The van der Waals surface area contributed by atoms with Crippen LogP contribution in [0.1, 0.15) is 31.1 Å². The first-order valence-electron chi connectivity index (χ1n) is 6.93. The summed E-state index contributed by atoms with van der Waals surface area (Å²) in [6.07, 6.45) is 0.816. The van der Waals surface area contributed by atoms with Gasteiger partial charge in [-0.15, -0.1) is 0 Å². The van der Waals surface area contributed by atoms with Crippen molar-refractivity contribution in [1.82, 2.24) is 0 Å². The lowest BCUT2D eigenvalue weighted by molar-refractivity contribution is -0.137. The molecule has 0 spiro atoms. The maximum Gasteiger partial charge on any atom is 0.342 e. The van der Waals surface area contributed by atoms with Gasteiger partial charge >= 0.3 is 11.9 Å². The van der Waals surface area contributed by atoms with Crippen LogP contribution in [0.2, 0.25) is 10.0 Å². The van der Waals surface area contributed by atoms with Crippen molar-refractivity contribution in [2.45, 2.75) is 26.9 Å². The summed E-state index contributed by atoms with van der Waals surface area (Å²) in [5.41, 5.74) is 0.0959. The summed E-state index contributed by atoms with van der Waals surface area (Å²) >= 11 is 12.2. The van der Waals surface area contributed by atoms with E-state index in [0.29, 0.717) is 0 Å². The molecule has 1 aromatic rings. The highest BCUT2D eigenvalue weighted by atomic mass is 35.5. The van der Waals surface area contributed by atoms with E-state index in [2.05, 4.69) is 10.1 Å². The Bertz CT molecular complexity index is 698. The molecule has 0 fully saturated rings.